The quantitative estimate of drug-likeness (QED) is 0.445. The van der Waals surface area contributed by atoms with Gasteiger partial charge in [0.1, 0.15) is 11.6 Å². The number of hydrogen-bond donors (Lipinski definition) is 0. The molecule has 0 aromatic carbocycles. The molecule has 0 radical (unpaired) electrons. The van der Waals surface area contributed by atoms with Gasteiger partial charge in [-0.15, -0.1) is 0 Å². The maximum Gasteiger partial charge on any atom is 0.143 e. The van der Waals surface area contributed by atoms with Crippen LogP contribution in [0.4, 0.5) is 0 Å². The van der Waals surface area contributed by atoms with Gasteiger partial charge in [-0.3, -0.25) is 9.59 Å². The topological polar surface area (TPSA) is 63.6 Å². The summed E-state index contributed by atoms with van der Waals surface area (Å²) in [4.78, 5) is 31.6. The lowest BCUT2D eigenvalue weighted by Crippen LogP contribution is -2.14. The van der Waals surface area contributed by atoms with Crippen molar-refractivity contribution in [1.29, 1.82) is 0 Å². The minimum Gasteiger partial charge on any atom is -0.299 e. The summed E-state index contributed by atoms with van der Waals surface area (Å²) < 4.78 is 0. The molecule has 0 heterocycles. The van der Waals surface area contributed by atoms with Crippen LogP contribution in [0.2, 0.25) is 0 Å². The Balaban J connectivity index is 2.47. The maximum absolute atomic E-state index is 10.9. The number of nitroso groups, excluding NO2 is 1. The van der Waals surface area contributed by atoms with Gasteiger partial charge < -0.3 is 0 Å². The Bertz CT molecular complexity index is 184. The molecule has 0 aromatic rings. The first-order chi connectivity index (χ1) is 5.25. The van der Waals surface area contributed by atoms with Crippen molar-refractivity contribution in [2.75, 3.05) is 6.54 Å². The van der Waals surface area contributed by atoms with Gasteiger partial charge in [0.05, 0.1) is 12.5 Å². The number of carbonyl (C=O) groups excluding carboxylic acids is 2. The highest BCUT2D eigenvalue weighted by molar-refractivity contribution is 6.08. The van der Waals surface area contributed by atoms with E-state index in [1.54, 1.807) is 0 Å². The van der Waals surface area contributed by atoms with E-state index in [9.17, 15) is 14.5 Å². The van der Waals surface area contributed by atoms with E-state index in [1.807, 2.05) is 0 Å². The van der Waals surface area contributed by atoms with Gasteiger partial charge in [-0.25, -0.2) is 0 Å². The summed E-state index contributed by atoms with van der Waals surface area (Å²) in [6.07, 6.45) is 1.01. The van der Waals surface area contributed by atoms with Crippen molar-refractivity contribution in [3.63, 3.8) is 0 Å². The first-order valence-corrected chi connectivity index (χ1v) is 3.60. The van der Waals surface area contributed by atoms with Crippen molar-refractivity contribution in [2.45, 2.75) is 19.3 Å². The van der Waals surface area contributed by atoms with Gasteiger partial charge in [0.15, 0.2) is 0 Å². The molecule has 0 amide bonds. The third-order valence-electron chi connectivity index (χ3n) is 1.90. The van der Waals surface area contributed by atoms with E-state index in [-0.39, 0.29) is 18.1 Å². The molecule has 1 aliphatic carbocycles. The standard InChI is InChI=1S/C7H9NO3/c9-6-1-2-7(10)5(6)3-4-8-11/h5H,1-4H2. The summed E-state index contributed by atoms with van der Waals surface area (Å²) in [7, 11) is 0. The van der Waals surface area contributed by atoms with Crippen molar-refractivity contribution >= 4 is 11.6 Å². The average molecular weight is 155 g/mol. The summed E-state index contributed by atoms with van der Waals surface area (Å²) in [5, 5.41) is 2.61. The molecule has 1 saturated carbocycles. The Kier molecular flexibility index (Phi) is 2.46. The van der Waals surface area contributed by atoms with Gasteiger partial charge in [0.25, 0.3) is 0 Å². The van der Waals surface area contributed by atoms with Crippen LogP contribution in [0.5, 0.6) is 0 Å². The molecule has 1 fully saturated rings. The van der Waals surface area contributed by atoms with Gasteiger partial charge in [0, 0.05) is 12.8 Å². The van der Waals surface area contributed by atoms with Crippen LogP contribution in [0, 0.1) is 10.8 Å². The van der Waals surface area contributed by atoms with Crippen LogP contribution < -0.4 is 0 Å². The van der Waals surface area contributed by atoms with Gasteiger partial charge in [-0.2, -0.15) is 4.91 Å². The zero-order chi connectivity index (χ0) is 8.27. The van der Waals surface area contributed by atoms with Crippen LogP contribution in [0.3, 0.4) is 0 Å². The SMILES string of the molecule is O=NCCC1C(=O)CCC1=O. The number of ketones is 2. The minimum absolute atomic E-state index is 0.0290. The molecule has 4 heteroatoms. The molecule has 0 spiro atoms. The van der Waals surface area contributed by atoms with E-state index >= 15 is 0 Å². The lowest BCUT2D eigenvalue weighted by molar-refractivity contribution is -0.127. The largest absolute Gasteiger partial charge is 0.299 e. The summed E-state index contributed by atoms with van der Waals surface area (Å²) in [6.45, 7) is 0.0716. The molecule has 0 N–H and O–H groups in total. The van der Waals surface area contributed by atoms with E-state index in [0.717, 1.165) is 0 Å². The van der Waals surface area contributed by atoms with Crippen LogP contribution in [-0.2, 0) is 9.59 Å². The minimum atomic E-state index is -0.521. The molecule has 1 aliphatic rings. The molecular weight excluding hydrogens is 146 g/mol. The number of nitrogens with zero attached hydrogens (tertiary/aromatic N) is 1. The number of rotatable bonds is 3. The first-order valence-electron chi connectivity index (χ1n) is 3.60. The third-order valence-corrected chi connectivity index (χ3v) is 1.90. The van der Waals surface area contributed by atoms with Crippen molar-refractivity contribution in [3.05, 3.63) is 4.91 Å². The summed E-state index contributed by atoms with van der Waals surface area (Å²) in [5.41, 5.74) is 0. The highest BCUT2D eigenvalue weighted by Gasteiger charge is 2.31. The van der Waals surface area contributed by atoms with E-state index in [2.05, 4.69) is 5.18 Å². The fourth-order valence-corrected chi connectivity index (χ4v) is 1.28. The summed E-state index contributed by atoms with van der Waals surface area (Å²) >= 11 is 0. The molecule has 4 nitrogen and oxygen atoms in total. The van der Waals surface area contributed by atoms with Crippen LogP contribution >= 0.6 is 0 Å². The lowest BCUT2D eigenvalue weighted by atomic mass is 10.0. The van der Waals surface area contributed by atoms with Gasteiger partial charge >= 0.3 is 0 Å². The monoisotopic (exact) mass is 155 g/mol. The van der Waals surface area contributed by atoms with Crippen molar-refractivity contribution in [2.24, 2.45) is 11.1 Å². The number of hydrogen-bond acceptors (Lipinski definition) is 4. The molecule has 0 aliphatic heterocycles. The van der Waals surface area contributed by atoms with Gasteiger partial charge in [-0.1, -0.05) is 5.18 Å². The second-order valence-corrected chi connectivity index (χ2v) is 2.63. The zero-order valence-corrected chi connectivity index (χ0v) is 6.08. The van der Waals surface area contributed by atoms with E-state index in [1.165, 1.54) is 0 Å². The number of carbonyl (C=O) groups is 2. The smallest absolute Gasteiger partial charge is 0.143 e. The fourth-order valence-electron chi connectivity index (χ4n) is 1.28. The van der Waals surface area contributed by atoms with Crippen LogP contribution in [0.15, 0.2) is 5.18 Å². The van der Waals surface area contributed by atoms with Gasteiger partial charge in [0.2, 0.25) is 0 Å². The van der Waals surface area contributed by atoms with Crippen molar-refractivity contribution in [1.82, 2.24) is 0 Å². The molecule has 0 atom stereocenters. The fraction of sp³-hybridized carbons (Fsp3) is 0.714. The molecule has 11 heavy (non-hydrogen) atoms. The second-order valence-electron chi connectivity index (χ2n) is 2.63. The summed E-state index contributed by atoms with van der Waals surface area (Å²) in [5.74, 6) is -0.579. The Morgan fingerprint density at radius 2 is 1.82 bits per heavy atom. The van der Waals surface area contributed by atoms with Gasteiger partial charge in [-0.05, 0) is 6.42 Å². The highest BCUT2D eigenvalue weighted by Crippen LogP contribution is 2.20. The number of Topliss-reactive ketones (excluding diaryl/α,β-unsaturated/α-hetero) is 2. The highest BCUT2D eigenvalue weighted by atomic mass is 16.3. The maximum atomic E-state index is 10.9. The summed E-state index contributed by atoms with van der Waals surface area (Å²) in [6, 6.07) is 0. The molecule has 0 saturated heterocycles. The van der Waals surface area contributed by atoms with Crippen LogP contribution in [0.1, 0.15) is 19.3 Å². The van der Waals surface area contributed by atoms with Crippen LogP contribution in [0.25, 0.3) is 0 Å². The molecule has 0 unspecified atom stereocenters. The first kappa shape index (κ1) is 8.04. The Morgan fingerprint density at radius 3 is 2.27 bits per heavy atom. The Morgan fingerprint density at radius 1 is 1.27 bits per heavy atom. The Hall–Kier alpha value is -1.06. The normalized spacial score (nSPS) is 19.3. The molecule has 0 aromatic heterocycles. The molecule has 1 rings (SSSR count). The van der Waals surface area contributed by atoms with Crippen LogP contribution in [-0.4, -0.2) is 18.1 Å². The molecule has 0 bridgehead atoms. The van der Waals surface area contributed by atoms with E-state index < -0.39 is 5.92 Å². The zero-order valence-electron chi connectivity index (χ0n) is 6.08. The van der Waals surface area contributed by atoms with Crippen molar-refractivity contribution < 1.29 is 9.59 Å². The van der Waals surface area contributed by atoms with E-state index in [4.69, 9.17) is 0 Å². The molecular formula is C7H9NO3. The second kappa shape index (κ2) is 3.37. The lowest BCUT2D eigenvalue weighted by Gasteiger charge is -2.00. The third kappa shape index (κ3) is 1.69. The molecule has 60 valence electrons. The van der Waals surface area contributed by atoms with E-state index in [0.29, 0.717) is 19.3 Å². The Labute approximate surface area is 63.9 Å². The predicted octanol–water partition coefficient (Wildman–Crippen LogP) is 0.691. The average Bonchev–Trinajstić information content (AvgIpc) is 2.29. The van der Waals surface area contributed by atoms with Crippen molar-refractivity contribution in [3.8, 4) is 0 Å². The predicted molar refractivity (Wildman–Crippen MR) is 38.0 cm³/mol.